The summed E-state index contributed by atoms with van der Waals surface area (Å²) < 4.78 is 23.7. The third kappa shape index (κ3) is 16.8. The van der Waals surface area contributed by atoms with Gasteiger partial charge in [0.2, 0.25) is 0 Å². The molecule has 0 saturated carbocycles. The number of amides is 1. The van der Waals surface area contributed by atoms with Crippen LogP contribution in [0.15, 0.2) is 18.2 Å². The van der Waals surface area contributed by atoms with E-state index in [1.165, 1.54) is 19.3 Å². The van der Waals surface area contributed by atoms with Crippen LogP contribution in [0.1, 0.15) is 117 Å². The Morgan fingerprint density at radius 1 is 0.722 bits per heavy atom. The zero-order chi connectivity index (χ0) is 26.3. The fourth-order valence-corrected chi connectivity index (χ4v) is 3.82. The Labute approximate surface area is 220 Å². The second-order valence-electron chi connectivity index (χ2n) is 9.54. The summed E-state index contributed by atoms with van der Waals surface area (Å²) in [7, 11) is 0. The van der Waals surface area contributed by atoms with Gasteiger partial charge in [0, 0.05) is 25.8 Å². The lowest BCUT2D eigenvalue weighted by Crippen LogP contribution is -2.28. The summed E-state index contributed by atoms with van der Waals surface area (Å²) in [5, 5.41) is 2.86. The molecule has 1 aromatic rings. The van der Waals surface area contributed by atoms with Crippen LogP contribution in [-0.4, -0.2) is 38.7 Å². The zero-order valence-electron chi connectivity index (χ0n) is 23.6. The van der Waals surface area contributed by atoms with Gasteiger partial charge in [0.05, 0.1) is 0 Å². The fraction of sp³-hybridized carbons (Fsp3) is 0.767. The number of carbonyl (C=O) groups excluding carboxylic acids is 1. The Morgan fingerprint density at radius 2 is 1.31 bits per heavy atom. The van der Waals surface area contributed by atoms with Crippen molar-refractivity contribution in [2.24, 2.45) is 0 Å². The number of nitrogens with one attached hydrogen (secondary N) is 1. The van der Waals surface area contributed by atoms with E-state index in [9.17, 15) is 4.79 Å². The molecule has 6 heteroatoms. The predicted octanol–water partition coefficient (Wildman–Crippen LogP) is 8.21. The molecule has 0 heterocycles. The molecule has 208 valence electrons. The number of ether oxygens (including phenoxy) is 4. The lowest BCUT2D eigenvalue weighted by atomic mass is 10.1. The van der Waals surface area contributed by atoms with Gasteiger partial charge in [0.25, 0.3) is 0 Å². The molecule has 0 fully saturated rings. The van der Waals surface area contributed by atoms with E-state index < -0.39 is 12.4 Å². The summed E-state index contributed by atoms with van der Waals surface area (Å²) in [6, 6.07) is 5.76. The molecule has 0 aliphatic carbocycles. The van der Waals surface area contributed by atoms with Crippen LogP contribution in [0.5, 0.6) is 11.5 Å². The summed E-state index contributed by atoms with van der Waals surface area (Å²) in [6.45, 7) is 11.0. The largest absolute Gasteiger partial charge is 0.488 e. The molecule has 6 nitrogen and oxygen atoms in total. The summed E-state index contributed by atoms with van der Waals surface area (Å²) >= 11 is 0. The number of rotatable bonds is 23. The maximum Gasteiger partial charge on any atom is 0.412 e. The first kappa shape index (κ1) is 32.2. The van der Waals surface area contributed by atoms with Gasteiger partial charge in [-0.25, -0.2) is 4.79 Å². The molecule has 0 unspecified atom stereocenters. The first-order valence-electron chi connectivity index (χ1n) is 14.6. The highest BCUT2D eigenvalue weighted by Crippen LogP contribution is 2.25. The smallest absolute Gasteiger partial charge is 0.412 e. The van der Waals surface area contributed by atoms with Crippen LogP contribution >= 0.6 is 0 Å². The molecule has 1 N–H and O–H groups in total. The van der Waals surface area contributed by atoms with Gasteiger partial charge in [-0.3, -0.25) is 0 Å². The molecule has 1 aromatic carbocycles. The van der Waals surface area contributed by atoms with E-state index in [1.807, 2.05) is 12.1 Å². The van der Waals surface area contributed by atoms with Crippen molar-refractivity contribution < 1.29 is 23.7 Å². The second-order valence-corrected chi connectivity index (χ2v) is 9.54. The Balaban J connectivity index is 2.75. The maximum atomic E-state index is 12.3. The van der Waals surface area contributed by atoms with Gasteiger partial charge in [0.15, 0.2) is 6.29 Å². The van der Waals surface area contributed by atoms with Crippen LogP contribution < -0.4 is 14.8 Å². The molecule has 0 radical (unpaired) electrons. The van der Waals surface area contributed by atoms with Crippen molar-refractivity contribution in [1.29, 1.82) is 0 Å². The Hall–Kier alpha value is -1.79. The zero-order valence-corrected chi connectivity index (χ0v) is 23.6. The van der Waals surface area contributed by atoms with Crippen LogP contribution in [0, 0.1) is 0 Å². The molecule has 1 amide bonds. The van der Waals surface area contributed by atoms with Crippen LogP contribution in [0.25, 0.3) is 0 Å². The van der Waals surface area contributed by atoms with E-state index in [1.54, 1.807) is 6.07 Å². The van der Waals surface area contributed by atoms with Gasteiger partial charge in [-0.1, -0.05) is 85.5 Å². The van der Waals surface area contributed by atoms with Gasteiger partial charge < -0.3 is 24.3 Å². The summed E-state index contributed by atoms with van der Waals surface area (Å²) in [6.07, 6.45) is 14.6. The highest BCUT2D eigenvalue weighted by atomic mass is 16.7. The van der Waals surface area contributed by atoms with Crippen molar-refractivity contribution in [3.63, 3.8) is 0 Å². The Bertz CT molecular complexity index is 655. The molecular formula is C30H53NO5. The minimum Gasteiger partial charge on any atom is -0.488 e. The van der Waals surface area contributed by atoms with E-state index in [0.717, 1.165) is 76.2 Å². The van der Waals surface area contributed by atoms with E-state index in [-0.39, 0.29) is 0 Å². The van der Waals surface area contributed by atoms with Crippen molar-refractivity contribution in [1.82, 2.24) is 5.32 Å². The van der Waals surface area contributed by atoms with Crippen LogP contribution in [-0.2, 0) is 15.9 Å². The number of hydrogen-bond acceptors (Lipinski definition) is 5. The number of aryl methyl sites for hydroxylation is 1. The quantitative estimate of drug-likeness (QED) is 0.119. The lowest BCUT2D eigenvalue weighted by Gasteiger charge is -2.20. The molecule has 0 atom stereocenters. The minimum atomic E-state index is -0.417. The third-order valence-corrected chi connectivity index (χ3v) is 6.01. The highest BCUT2D eigenvalue weighted by Gasteiger charge is 2.13. The molecule has 0 spiro atoms. The monoisotopic (exact) mass is 507 g/mol. The first-order valence-corrected chi connectivity index (χ1v) is 14.6. The molecule has 0 aliphatic rings. The SMILES string of the molecule is CCCCCCNC(=O)Oc1cc(CCCCC)cc(OCC(OCCCCC)OCCCCC)c1. The number of carbonyl (C=O) groups is 1. The number of hydrogen-bond donors (Lipinski definition) is 1. The molecule has 0 aromatic heterocycles. The molecule has 1 rings (SSSR count). The standard InChI is InChI=1S/C30H53NO5/c1-5-9-13-15-19-31-30(32)36-28-23-26(18-14-10-6-2)22-27(24-28)35-25-29(33-20-16-11-7-3)34-21-17-12-8-4/h22-24,29H,5-21,25H2,1-4H3,(H,31,32). The summed E-state index contributed by atoms with van der Waals surface area (Å²) in [4.78, 5) is 12.3. The number of benzene rings is 1. The van der Waals surface area contributed by atoms with Crippen molar-refractivity contribution in [3.05, 3.63) is 23.8 Å². The average Bonchev–Trinajstić information content (AvgIpc) is 2.87. The Kier molecular flexibility index (Phi) is 20.1. The lowest BCUT2D eigenvalue weighted by molar-refractivity contribution is -0.159. The van der Waals surface area contributed by atoms with Crippen LogP contribution in [0.3, 0.4) is 0 Å². The minimum absolute atomic E-state index is 0.305. The average molecular weight is 508 g/mol. The maximum absolute atomic E-state index is 12.3. The van der Waals surface area contributed by atoms with Gasteiger partial charge in [0.1, 0.15) is 18.1 Å². The van der Waals surface area contributed by atoms with Gasteiger partial charge in [-0.2, -0.15) is 0 Å². The van der Waals surface area contributed by atoms with E-state index in [2.05, 4.69) is 33.0 Å². The van der Waals surface area contributed by atoms with E-state index in [0.29, 0.717) is 37.9 Å². The molecule has 0 saturated heterocycles. The topological polar surface area (TPSA) is 66.0 Å². The molecule has 36 heavy (non-hydrogen) atoms. The predicted molar refractivity (Wildman–Crippen MR) is 148 cm³/mol. The third-order valence-electron chi connectivity index (χ3n) is 6.01. The molecule has 0 bridgehead atoms. The number of unbranched alkanes of at least 4 members (excludes halogenated alkanes) is 9. The fourth-order valence-electron chi connectivity index (χ4n) is 3.82. The highest BCUT2D eigenvalue weighted by molar-refractivity contribution is 5.70. The first-order chi connectivity index (χ1) is 17.6. The second kappa shape index (κ2) is 22.4. The van der Waals surface area contributed by atoms with Crippen molar-refractivity contribution in [3.8, 4) is 11.5 Å². The molecular weight excluding hydrogens is 454 g/mol. The van der Waals surface area contributed by atoms with Crippen molar-refractivity contribution in [2.75, 3.05) is 26.4 Å². The van der Waals surface area contributed by atoms with Crippen molar-refractivity contribution in [2.45, 2.75) is 124 Å². The summed E-state index contributed by atoms with van der Waals surface area (Å²) in [5.74, 6) is 1.18. The molecule has 0 aliphatic heterocycles. The van der Waals surface area contributed by atoms with E-state index >= 15 is 0 Å². The van der Waals surface area contributed by atoms with Crippen LogP contribution in [0.2, 0.25) is 0 Å². The van der Waals surface area contributed by atoms with Gasteiger partial charge >= 0.3 is 6.09 Å². The normalized spacial score (nSPS) is 11.1. The van der Waals surface area contributed by atoms with Crippen molar-refractivity contribution >= 4 is 6.09 Å². The van der Waals surface area contributed by atoms with Crippen LogP contribution in [0.4, 0.5) is 4.79 Å². The van der Waals surface area contributed by atoms with Gasteiger partial charge in [-0.05, 0) is 49.8 Å². The van der Waals surface area contributed by atoms with E-state index in [4.69, 9.17) is 18.9 Å². The Morgan fingerprint density at radius 3 is 1.94 bits per heavy atom. The summed E-state index contributed by atoms with van der Waals surface area (Å²) in [5.41, 5.74) is 1.11. The van der Waals surface area contributed by atoms with Gasteiger partial charge in [-0.15, -0.1) is 0 Å².